The van der Waals surface area contributed by atoms with Gasteiger partial charge in [0.1, 0.15) is 11.6 Å². The first kappa shape index (κ1) is 16.5. The number of carbonyl (C=O) groups excluding carboxylic acids is 2. The van der Waals surface area contributed by atoms with Crippen LogP contribution in [0.3, 0.4) is 0 Å². The van der Waals surface area contributed by atoms with Gasteiger partial charge in [-0.05, 0) is 33.1 Å². The van der Waals surface area contributed by atoms with Crippen LogP contribution in [0.1, 0.15) is 47.0 Å². The lowest BCUT2D eigenvalue weighted by molar-refractivity contribution is -0.164. The molecule has 0 N–H and O–H groups in total. The van der Waals surface area contributed by atoms with E-state index in [2.05, 4.69) is 15.9 Å². The van der Waals surface area contributed by atoms with Gasteiger partial charge in [-0.1, -0.05) is 29.3 Å². The Kier molecular flexibility index (Phi) is 5.83. The summed E-state index contributed by atoms with van der Waals surface area (Å²) in [7, 11) is 0. The summed E-state index contributed by atoms with van der Waals surface area (Å²) in [5.74, 6) is 0.0842. The molecule has 1 heterocycles. The van der Waals surface area contributed by atoms with Crippen molar-refractivity contribution in [2.45, 2.75) is 58.6 Å². The van der Waals surface area contributed by atoms with Crippen molar-refractivity contribution in [2.75, 3.05) is 11.9 Å². The van der Waals surface area contributed by atoms with Gasteiger partial charge >= 0.3 is 5.97 Å². The summed E-state index contributed by atoms with van der Waals surface area (Å²) < 4.78 is 5.44. The average molecular weight is 334 g/mol. The van der Waals surface area contributed by atoms with Crippen LogP contribution in [0.4, 0.5) is 0 Å². The Balaban J connectivity index is 2.77. The summed E-state index contributed by atoms with van der Waals surface area (Å²) in [4.78, 5) is 26.0. The zero-order chi connectivity index (χ0) is 14.6. The van der Waals surface area contributed by atoms with Crippen LogP contribution in [0.5, 0.6) is 0 Å². The number of hydrogen-bond donors (Lipinski definition) is 0. The molecular formula is C14H24BrNO3. The minimum Gasteiger partial charge on any atom is -0.458 e. The number of hydrogen-bond acceptors (Lipinski definition) is 3. The van der Waals surface area contributed by atoms with E-state index in [1.165, 1.54) is 0 Å². The van der Waals surface area contributed by atoms with Gasteiger partial charge in [0.15, 0.2) is 0 Å². The molecule has 4 nitrogen and oxygen atoms in total. The lowest BCUT2D eigenvalue weighted by Gasteiger charge is -2.29. The van der Waals surface area contributed by atoms with Gasteiger partial charge in [-0.2, -0.15) is 0 Å². The molecule has 1 rings (SSSR count). The molecule has 0 aromatic rings. The lowest BCUT2D eigenvalue weighted by atomic mass is 10.1. The van der Waals surface area contributed by atoms with Crippen molar-refractivity contribution in [2.24, 2.45) is 5.92 Å². The number of nitrogens with zero attached hydrogens (tertiary/aromatic N) is 1. The van der Waals surface area contributed by atoms with E-state index in [9.17, 15) is 9.59 Å². The van der Waals surface area contributed by atoms with Gasteiger partial charge in [-0.15, -0.1) is 0 Å². The molecule has 110 valence electrons. The Hall–Kier alpha value is -0.580. The Morgan fingerprint density at radius 2 is 2.16 bits per heavy atom. The number of halogens is 1. The van der Waals surface area contributed by atoms with Crippen LogP contribution in [0, 0.1) is 5.92 Å². The number of likely N-dealkylation sites (tertiary alicyclic amines) is 1. The number of alkyl halides is 1. The first-order valence-corrected chi connectivity index (χ1v) is 7.99. The molecule has 1 amide bonds. The molecule has 1 aliphatic heterocycles. The van der Waals surface area contributed by atoms with Crippen LogP contribution >= 0.6 is 15.9 Å². The van der Waals surface area contributed by atoms with Crippen LogP contribution in [0.2, 0.25) is 0 Å². The molecule has 0 aromatic carbocycles. The third-order valence-electron chi connectivity index (χ3n) is 3.07. The summed E-state index contributed by atoms with van der Waals surface area (Å²) in [5.41, 5.74) is -0.513. The summed E-state index contributed by atoms with van der Waals surface area (Å²) in [6.07, 6.45) is 2.04. The van der Waals surface area contributed by atoms with E-state index in [1.807, 2.05) is 27.7 Å². The maximum atomic E-state index is 12.2. The smallest absolute Gasteiger partial charge is 0.329 e. The minimum atomic E-state index is -0.513. The van der Waals surface area contributed by atoms with Crippen molar-refractivity contribution >= 4 is 27.8 Å². The molecule has 1 saturated heterocycles. The highest BCUT2D eigenvalue weighted by Gasteiger charge is 2.38. The second kappa shape index (κ2) is 6.73. The number of esters is 1. The Morgan fingerprint density at radius 3 is 2.58 bits per heavy atom. The summed E-state index contributed by atoms with van der Waals surface area (Å²) in [5, 5.41) is 0.794. The SMILES string of the molecule is CCCC(C(=O)OC(C)(C)C)N1CC(CBr)CC1=O. The van der Waals surface area contributed by atoms with Gasteiger partial charge in [0.25, 0.3) is 0 Å². The fourth-order valence-corrected chi connectivity index (χ4v) is 2.69. The Bertz CT molecular complexity index is 338. The van der Waals surface area contributed by atoms with Crippen LogP contribution < -0.4 is 0 Å². The van der Waals surface area contributed by atoms with Crippen molar-refractivity contribution in [3.8, 4) is 0 Å². The topological polar surface area (TPSA) is 46.6 Å². The zero-order valence-corrected chi connectivity index (χ0v) is 13.8. The standard InChI is InChI=1S/C14H24BrNO3/c1-5-6-11(13(18)19-14(2,3)4)16-9-10(8-15)7-12(16)17/h10-11H,5-9H2,1-4H3. The lowest BCUT2D eigenvalue weighted by Crippen LogP contribution is -2.45. The molecule has 1 fully saturated rings. The molecule has 5 heteroatoms. The highest BCUT2D eigenvalue weighted by Crippen LogP contribution is 2.25. The highest BCUT2D eigenvalue weighted by atomic mass is 79.9. The summed E-state index contributed by atoms with van der Waals surface area (Å²) in [6, 6.07) is -0.430. The highest BCUT2D eigenvalue weighted by molar-refractivity contribution is 9.09. The third kappa shape index (κ3) is 4.79. The zero-order valence-electron chi connectivity index (χ0n) is 12.2. The molecule has 19 heavy (non-hydrogen) atoms. The van der Waals surface area contributed by atoms with E-state index in [0.29, 0.717) is 25.3 Å². The van der Waals surface area contributed by atoms with Crippen molar-refractivity contribution in [1.29, 1.82) is 0 Å². The molecule has 0 bridgehead atoms. The normalized spacial score (nSPS) is 21.6. The number of amides is 1. The summed E-state index contributed by atoms with van der Waals surface area (Å²) >= 11 is 3.41. The molecule has 1 aliphatic rings. The van der Waals surface area contributed by atoms with E-state index < -0.39 is 11.6 Å². The van der Waals surface area contributed by atoms with Crippen LogP contribution in [-0.4, -0.2) is 40.3 Å². The van der Waals surface area contributed by atoms with Gasteiger partial charge in [0, 0.05) is 18.3 Å². The minimum absolute atomic E-state index is 0.0637. The average Bonchev–Trinajstić information content (AvgIpc) is 2.65. The maximum Gasteiger partial charge on any atom is 0.329 e. The van der Waals surface area contributed by atoms with E-state index in [0.717, 1.165) is 11.8 Å². The Morgan fingerprint density at radius 1 is 1.53 bits per heavy atom. The first-order chi connectivity index (χ1) is 8.78. The first-order valence-electron chi connectivity index (χ1n) is 6.86. The van der Waals surface area contributed by atoms with E-state index in [4.69, 9.17) is 4.74 Å². The summed E-state index contributed by atoms with van der Waals surface area (Å²) in [6.45, 7) is 8.21. The van der Waals surface area contributed by atoms with Crippen LogP contribution in [0.25, 0.3) is 0 Å². The van der Waals surface area contributed by atoms with Gasteiger partial charge in [0.2, 0.25) is 5.91 Å². The number of carbonyl (C=O) groups is 2. The molecule has 0 saturated carbocycles. The van der Waals surface area contributed by atoms with Gasteiger partial charge in [-0.3, -0.25) is 4.79 Å². The Labute approximate surface area is 124 Å². The molecule has 0 spiro atoms. The fourth-order valence-electron chi connectivity index (χ4n) is 2.26. The van der Waals surface area contributed by atoms with Gasteiger partial charge < -0.3 is 9.64 Å². The van der Waals surface area contributed by atoms with Crippen molar-refractivity contribution < 1.29 is 14.3 Å². The molecule has 0 radical (unpaired) electrons. The number of rotatable bonds is 5. The van der Waals surface area contributed by atoms with Crippen molar-refractivity contribution in [1.82, 2.24) is 4.90 Å². The monoisotopic (exact) mass is 333 g/mol. The van der Waals surface area contributed by atoms with Gasteiger partial charge in [0.05, 0.1) is 0 Å². The quantitative estimate of drug-likeness (QED) is 0.574. The van der Waals surface area contributed by atoms with E-state index >= 15 is 0 Å². The van der Waals surface area contributed by atoms with Crippen molar-refractivity contribution in [3.05, 3.63) is 0 Å². The maximum absolute atomic E-state index is 12.2. The predicted molar refractivity (Wildman–Crippen MR) is 78.2 cm³/mol. The molecule has 0 aliphatic carbocycles. The third-order valence-corrected chi connectivity index (χ3v) is 3.99. The van der Waals surface area contributed by atoms with E-state index in [1.54, 1.807) is 4.90 Å². The van der Waals surface area contributed by atoms with Crippen LogP contribution in [-0.2, 0) is 14.3 Å². The second-order valence-corrected chi connectivity index (χ2v) is 6.76. The fraction of sp³-hybridized carbons (Fsp3) is 0.857. The van der Waals surface area contributed by atoms with Gasteiger partial charge in [-0.25, -0.2) is 4.79 Å². The van der Waals surface area contributed by atoms with Crippen molar-refractivity contribution in [3.63, 3.8) is 0 Å². The molecule has 2 atom stereocenters. The second-order valence-electron chi connectivity index (χ2n) is 6.11. The predicted octanol–water partition coefficient (Wildman–Crippen LogP) is 2.74. The molecule has 2 unspecified atom stereocenters. The number of ether oxygens (including phenoxy) is 1. The largest absolute Gasteiger partial charge is 0.458 e. The molecular weight excluding hydrogens is 310 g/mol. The van der Waals surface area contributed by atoms with E-state index in [-0.39, 0.29) is 11.9 Å². The van der Waals surface area contributed by atoms with Crippen LogP contribution in [0.15, 0.2) is 0 Å². The molecule has 0 aromatic heterocycles.